The normalized spacial score (nSPS) is 35.5. The van der Waals surface area contributed by atoms with Crippen molar-refractivity contribution < 1.29 is 14.2 Å². The third kappa shape index (κ3) is 2.76. The van der Waals surface area contributed by atoms with Gasteiger partial charge in [-0.25, -0.2) is 0 Å². The van der Waals surface area contributed by atoms with Gasteiger partial charge in [-0.3, -0.25) is 0 Å². The summed E-state index contributed by atoms with van der Waals surface area (Å²) in [5.41, 5.74) is 0.364. The zero-order chi connectivity index (χ0) is 9.26. The number of hydrogen-bond acceptors (Lipinski definition) is 5. The average molecular weight is 222 g/mol. The molecule has 2 heterocycles. The lowest BCUT2D eigenvalue weighted by Gasteiger charge is -2.19. The summed E-state index contributed by atoms with van der Waals surface area (Å²) in [4.78, 5) is 0. The molecule has 0 aromatic rings. The molecule has 0 amide bonds. The van der Waals surface area contributed by atoms with Crippen LogP contribution in [0.2, 0.25) is 0 Å². The van der Waals surface area contributed by atoms with Gasteiger partial charge in [-0.15, -0.1) is 23.5 Å². The molecule has 0 radical (unpaired) electrons. The molecule has 0 aromatic carbocycles. The molecule has 0 N–H and O–H groups in total. The summed E-state index contributed by atoms with van der Waals surface area (Å²) in [6, 6.07) is 0. The minimum absolute atomic E-state index is 0.182. The number of epoxide rings is 2. The average Bonchev–Trinajstić information content (AvgIpc) is 2.99. The summed E-state index contributed by atoms with van der Waals surface area (Å²) < 4.78 is 16.3. The van der Waals surface area contributed by atoms with Crippen LogP contribution in [-0.2, 0) is 14.2 Å². The molecular weight excluding hydrogens is 208 g/mol. The lowest BCUT2D eigenvalue weighted by Crippen LogP contribution is -2.25. The third-order valence-corrected chi connectivity index (χ3v) is 3.82. The van der Waals surface area contributed by atoms with Crippen LogP contribution in [0, 0.1) is 0 Å². The predicted molar refractivity (Wildman–Crippen MR) is 55.2 cm³/mol. The van der Waals surface area contributed by atoms with Gasteiger partial charge < -0.3 is 14.2 Å². The van der Waals surface area contributed by atoms with Crippen molar-refractivity contribution >= 4 is 23.5 Å². The molecule has 4 atom stereocenters. The summed E-state index contributed by atoms with van der Waals surface area (Å²) >= 11 is 3.43. The maximum atomic E-state index is 5.87. The molecule has 2 fully saturated rings. The Balaban J connectivity index is 1.78. The van der Waals surface area contributed by atoms with Crippen molar-refractivity contribution in [3.8, 4) is 0 Å². The third-order valence-electron chi connectivity index (χ3n) is 2.06. The zero-order valence-corrected chi connectivity index (χ0v) is 9.40. The van der Waals surface area contributed by atoms with Gasteiger partial charge in [-0.1, -0.05) is 0 Å². The Morgan fingerprint density at radius 2 is 1.46 bits per heavy atom. The second-order valence-corrected chi connectivity index (χ2v) is 4.96. The highest BCUT2D eigenvalue weighted by molar-refractivity contribution is 7.99. The first kappa shape index (κ1) is 10.1. The SMILES string of the molecule is CSC(OC(SC)C1CO1)C1CO1. The molecule has 0 saturated carbocycles. The van der Waals surface area contributed by atoms with Crippen LogP contribution < -0.4 is 0 Å². The molecule has 2 saturated heterocycles. The topological polar surface area (TPSA) is 34.3 Å². The molecule has 76 valence electrons. The van der Waals surface area contributed by atoms with E-state index in [1.54, 1.807) is 23.5 Å². The quantitative estimate of drug-likeness (QED) is 0.498. The Morgan fingerprint density at radius 3 is 1.69 bits per heavy atom. The lowest BCUT2D eigenvalue weighted by molar-refractivity contribution is 0.0579. The summed E-state index contributed by atoms with van der Waals surface area (Å²) in [5, 5.41) is 0. The molecular formula is C8H14O3S2. The molecule has 0 aliphatic carbocycles. The van der Waals surface area contributed by atoms with E-state index in [-0.39, 0.29) is 10.9 Å². The van der Waals surface area contributed by atoms with Gasteiger partial charge in [0.05, 0.1) is 13.2 Å². The molecule has 2 rings (SSSR count). The van der Waals surface area contributed by atoms with Crippen LogP contribution in [0.15, 0.2) is 0 Å². The maximum Gasteiger partial charge on any atom is 0.133 e. The molecule has 0 aromatic heterocycles. The van der Waals surface area contributed by atoms with Crippen LogP contribution in [0.25, 0.3) is 0 Å². The first-order valence-electron chi connectivity index (χ1n) is 4.29. The number of rotatable bonds is 6. The van der Waals surface area contributed by atoms with Crippen molar-refractivity contribution in [3.05, 3.63) is 0 Å². The van der Waals surface area contributed by atoms with Gasteiger partial charge in [0.1, 0.15) is 23.1 Å². The Kier molecular flexibility index (Phi) is 3.42. The number of thioether (sulfide) groups is 2. The standard InChI is InChI=1S/C8H14O3S2/c1-12-7(5-3-9-5)11-8(13-2)6-4-10-6/h5-8H,3-4H2,1-2H3. The lowest BCUT2D eigenvalue weighted by atomic mass is 10.5. The van der Waals surface area contributed by atoms with Crippen molar-refractivity contribution in [1.82, 2.24) is 0 Å². The molecule has 13 heavy (non-hydrogen) atoms. The van der Waals surface area contributed by atoms with Gasteiger partial charge in [0.2, 0.25) is 0 Å². The van der Waals surface area contributed by atoms with Crippen molar-refractivity contribution in [3.63, 3.8) is 0 Å². The molecule has 0 spiro atoms. The fourth-order valence-electron chi connectivity index (χ4n) is 1.15. The Labute approximate surface area is 86.9 Å². The maximum absolute atomic E-state index is 5.87. The molecule has 0 bridgehead atoms. The first-order valence-corrected chi connectivity index (χ1v) is 6.87. The Morgan fingerprint density at radius 1 is 1.08 bits per heavy atom. The Hall–Kier alpha value is 0.580. The van der Waals surface area contributed by atoms with E-state index in [0.29, 0.717) is 12.2 Å². The van der Waals surface area contributed by atoms with E-state index in [1.165, 1.54) is 0 Å². The second-order valence-electron chi connectivity index (χ2n) is 3.09. The van der Waals surface area contributed by atoms with Crippen LogP contribution in [-0.4, -0.2) is 48.8 Å². The van der Waals surface area contributed by atoms with Gasteiger partial charge in [-0.05, 0) is 12.5 Å². The second kappa shape index (κ2) is 4.40. The fourth-order valence-corrected chi connectivity index (χ4v) is 2.60. The molecule has 2 aliphatic heterocycles. The van der Waals surface area contributed by atoms with Crippen molar-refractivity contribution in [1.29, 1.82) is 0 Å². The molecule has 3 nitrogen and oxygen atoms in total. The highest BCUT2D eigenvalue weighted by atomic mass is 32.2. The van der Waals surface area contributed by atoms with Crippen LogP contribution in [0.5, 0.6) is 0 Å². The molecule has 4 unspecified atom stereocenters. The zero-order valence-electron chi connectivity index (χ0n) is 7.76. The molecule has 5 heteroatoms. The van der Waals surface area contributed by atoms with Crippen molar-refractivity contribution in [2.45, 2.75) is 23.1 Å². The van der Waals surface area contributed by atoms with Crippen molar-refractivity contribution in [2.24, 2.45) is 0 Å². The van der Waals surface area contributed by atoms with E-state index in [0.717, 1.165) is 13.2 Å². The monoisotopic (exact) mass is 222 g/mol. The van der Waals surface area contributed by atoms with Gasteiger partial charge in [0.15, 0.2) is 0 Å². The van der Waals surface area contributed by atoms with Gasteiger partial charge in [0.25, 0.3) is 0 Å². The fraction of sp³-hybridized carbons (Fsp3) is 1.00. The highest BCUT2D eigenvalue weighted by Crippen LogP contribution is 2.32. The summed E-state index contributed by atoms with van der Waals surface area (Å²) in [6.07, 6.45) is 4.72. The number of ether oxygens (including phenoxy) is 3. The predicted octanol–water partition coefficient (Wildman–Crippen LogP) is 1.18. The van der Waals surface area contributed by atoms with Crippen LogP contribution in [0.1, 0.15) is 0 Å². The van der Waals surface area contributed by atoms with E-state index >= 15 is 0 Å². The highest BCUT2D eigenvalue weighted by Gasteiger charge is 2.39. The Bertz CT molecular complexity index is 153. The van der Waals surface area contributed by atoms with E-state index in [9.17, 15) is 0 Å². The van der Waals surface area contributed by atoms with Gasteiger partial charge >= 0.3 is 0 Å². The first-order chi connectivity index (χ1) is 6.35. The smallest absolute Gasteiger partial charge is 0.133 e. The van der Waals surface area contributed by atoms with E-state index < -0.39 is 0 Å². The van der Waals surface area contributed by atoms with Crippen LogP contribution in [0.4, 0.5) is 0 Å². The number of hydrogen-bond donors (Lipinski definition) is 0. The van der Waals surface area contributed by atoms with Crippen molar-refractivity contribution in [2.75, 3.05) is 25.7 Å². The van der Waals surface area contributed by atoms with E-state index in [4.69, 9.17) is 14.2 Å². The largest absolute Gasteiger partial charge is 0.369 e. The van der Waals surface area contributed by atoms with Crippen LogP contribution >= 0.6 is 23.5 Å². The van der Waals surface area contributed by atoms with E-state index in [2.05, 4.69) is 12.5 Å². The van der Waals surface area contributed by atoms with E-state index in [1.807, 2.05) is 0 Å². The minimum Gasteiger partial charge on any atom is -0.369 e. The minimum atomic E-state index is 0.182. The molecule has 2 aliphatic rings. The summed E-state index contributed by atoms with van der Waals surface area (Å²) in [6.45, 7) is 1.69. The van der Waals surface area contributed by atoms with Crippen LogP contribution in [0.3, 0.4) is 0 Å². The summed E-state index contributed by atoms with van der Waals surface area (Å²) in [7, 11) is 0. The van der Waals surface area contributed by atoms with Gasteiger partial charge in [0, 0.05) is 0 Å². The van der Waals surface area contributed by atoms with Gasteiger partial charge in [-0.2, -0.15) is 0 Å². The summed E-state index contributed by atoms with van der Waals surface area (Å²) in [5.74, 6) is 0.